The van der Waals surface area contributed by atoms with E-state index in [1.165, 1.54) is 12.3 Å². The second kappa shape index (κ2) is 5.97. The number of nitrogens with zero attached hydrogens (tertiary/aromatic N) is 2. The predicted molar refractivity (Wildman–Crippen MR) is 81.5 cm³/mol. The molecule has 1 N–H and O–H groups in total. The minimum atomic E-state index is -0.325. The van der Waals surface area contributed by atoms with Gasteiger partial charge in [-0.3, -0.25) is 9.97 Å². The number of benzene rings is 1. The molecule has 4 heteroatoms. The van der Waals surface area contributed by atoms with E-state index >= 15 is 0 Å². The molecule has 1 atom stereocenters. The van der Waals surface area contributed by atoms with Crippen LogP contribution in [-0.2, 0) is 0 Å². The third kappa shape index (κ3) is 2.76. The highest BCUT2D eigenvalue weighted by Crippen LogP contribution is 2.27. The van der Waals surface area contributed by atoms with Crippen LogP contribution in [0.4, 0.5) is 4.39 Å². The molecule has 0 saturated heterocycles. The van der Waals surface area contributed by atoms with Crippen LogP contribution in [0, 0.1) is 5.82 Å². The van der Waals surface area contributed by atoms with Crippen molar-refractivity contribution in [3.8, 4) is 0 Å². The molecule has 0 fully saturated rings. The first-order valence-electron chi connectivity index (χ1n) is 6.98. The van der Waals surface area contributed by atoms with Crippen molar-refractivity contribution in [2.24, 2.45) is 0 Å². The van der Waals surface area contributed by atoms with Gasteiger partial charge in [0.1, 0.15) is 5.82 Å². The van der Waals surface area contributed by atoms with Crippen LogP contribution >= 0.6 is 0 Å². The van der Waals surface area contributed by atoms with Gasteiger partial charge in [-0.05, 0) is 36.4 Å². The Morgan fingerprint density at radius 2 is 2.00 bits per heavy atom. The zero-order valence-corrected chi connectivity index (χ0v) is 11.8. The van der Waals surface area contributed by atoms with Crippen molar-refractivity contribution < 1.29 is 4.39 Å². The highest BCUT2D eigenvalue weighted by Gasteiger charge is 2.17. The summed E-state index contributed by atoms with van der Waals surface area (Å²) in [6.07, 6.45) is 3.04. The SMILES string of the molecule is CCNC(c1ccc(F)cn1)c1cccc2ncccc12. The van der Waals surface area contributed by atoms with Gasteiger partial charge in [0.2, 0.25) is 0 Å². The van der Waals surface area contributed by atoms with E-state index in [4.69, 9.17) is 0 Å². The van der Waals surface area contributed by atoms with Gasteiger partial charge in [0.25, 0.3) is 0 Å². The number of hydrogen-bond donors (Lipinski definition) is 1. The molecule has 0 aliphatic rings. The van der Waals surface area contributed by atoms with Crippen LogP contribution in [0.2, 0.25) is 0 Å². The van der Waals surface area contributed by atoms with E-state index in [0.717, 1.165) is 28.7 Å². The van der Waals surface area contributed by atoms with E-state index in [2.05, 4.69) is 21.4 Å². The summed E-state index contributed by atoms with van der Waals surface area (Å²) in [6, 6.07) is 13.1. The Balaban J connectivity index is 2.13. The summed E-state index contributed by atoms with van der Waals surface area (Å²) in [4.78, 5) is 8.61. The molecule has 3 aromatic rings. The Labute approximate surface area is 122 Å². The van der Waals surface area contributed by atoms with Gasteiger partial charge < -0.3 is 5.32 Å². The summed E-state index contributed by atoms with van der Waals surface area (Å²) >= 11 is 0. The van der Waals surface area contributed by atoms with Gasteiger partial charge in [-0.2, -0.15) is 0 Å². The minimum absolute atomic E-state index is 0.0801. The quantitative estimate of drug-likeness (QED) is 0.795. The molecule has 2 aromatic heterocycles. The Hall–Kier alpha value is -2.33. The monoisotopic (exact) mass is 281 g/mol. The molecule has 0 aliphatic heterocycles. The van der Waals surface area contributed by atoms with Gasteiger partial charge in [0.05, 0.1) is 23.4 Å². The van der Waals surface area contributed by atoms with Crippen LogP contribution < -0.4 is 5.32 Å². The first-order valence-corrected chi connectivity index (χ1v) is 6.98. The molecular weight excluding hydrogens is 265 g/mol. The van der Waals surface area contributed by atoms with E-state index in [0.29, 0.717) is 0 Å². The molecular formula is C17H16FN3. The molecule has 0 bridgehead atoms. The summed E-state index contributed by atoms with van der Waals surface area (Å²) in [7, 11) is 0. The Morgan fingerprint density at radius 1 is 1.10 bits per heavy atom. The second-order valence-electron chi connectivity index (χ2n) is 4.81. The van der Waals surface area contributed by atoms with Crippen molar-refractivity contribution in [1.82, 2.24) is 15.3 Å². The lowest BCUT2D eigenvalue weighted by Gasteiger charge is -2.19. The van der Waals surface area contributed by atoms with Crippen molar-refractivity contribution in [1.29, 1.82) is 0 Å². The maximum atomic E-state index is 13.1. The molecule has 1 aromatic carbocycles. The Kier molecular flexibility index (Phi) is 3.88. The van der Waals surface area contributed by atoms with Gasteiger partial charge in [0, 0.05) is 11.6 Å². The average molecular weight is 281 g/mol. The molecule has 2 heterocycles. The van der Waals surface area contributed by atoms with Crippen LogP contribution in [0.1, 0.15) is 24.2 Å². The fourth-order valence-corrected chi connectivity index (χ4v) is 2.51. The lowest BCUT2D eigenvalue weighted by Crippen LogP contribution is -2.23. The molecule has 0 spiro atoms. The van der Waals surface area contributed by atoms with Crippen molar-refractivity contribution >= 4 is 10.9 Å². The summed E-state index contributed by atoms with van der Waals surface area (Å²) < 4.78 is 13.1. The fourth-order valence-electron chi connectivity index (χ4n) is 2.51. The van der Waals surface area contributed by atoms with Gasteiger partial charge in [-0.15, -0.1) is 0 Å². The molecule has 0 saturated carbocycles. The summed E-state index contributed by atoms with van der Waals surface area (Å²) in [5, 5.41) is 4.49. The highest BCUT2D eigenvalue weighted by molar-refractivity contribution is 5.82. The number of hydrogen-bond acceptors (Lipinski definition) is 3. The van der Waals surface area contributed by atoms with Gasteiger partial charge in [0.15, 0.2) is 0 Å². The lowest BCUT2D eigenvalue weighted by molar-refractivity contribution is 0.596. The standard InChI is InChI=1S/C17H16FN3/c1-2-19-17(16-9-8-12(18)11-21-16)14-5-3-7-15-13(14)6-4-10-20-15/h3-11,17,19H,2H2,1H3. The molecule has 0 amide bonds. The van der Waals surface area contributed by atoms with Crippen LogP contribution in [-0.4, -0.2) is 16.5 Å². The Morgan fingerprint density at radius 3 is 2.76 bits per heavy atom. The molecule has 3 rings (SSSR count). The van der Waals surface area contributed by atoms with Crippen LogP contribution in [0.25, 0.3) is 10.9 Å². The first kappa shape index (κ1) is 13.6. The maximum Gasteiger partial charge on any atom is 0.141 e. The van der Waals surface area contributed by atoms with E-state index in [-0.39, 0.29) is 11.9 Å². The number of fused-ring (bicyclic) bond motifs is 1. The summed E-state index contributed by atoms with van der Waals surface area (Å²) in [5.41, 5.74) is 2.84. The smallest absolute Gasteiger partial charge is 0.141 e. The summed E-state index contributed by atoms with van der Waals surface area (Å²) in [6.45, 7) is 2.83. The number of aromatic nitrogens is 2. The van der Waals surface area contributed by atoms with Gasteiger partial charge >= 0.3 is 0 Å². The summed E-state index contributed by atoms with van der Waals surface area (Å²) in [5.74, 6) is -0.325. The van der Waals surface area contributed by atoms with Crippen LogP contribution in [0.5, 0.6) is 0 Å². The molecule has 0 radical (unpaired) electrons. The fraction of sp³-hybridized carbons (Fsp3) is 0.176. The number of halogens is 1. The van der Waals surface area contributed by atoms with E-state index in [1.54, 1.807) is 12.3 Å². The third-order valence-electron chi connectivity index (χ3n) is 3.44. The third-order valence-corrected chi connectivity index (χ3v) is 3.44. The van der Waals surface area contributed by atoms with Crippen LogP contribution in [0.15, 0.2) is 54.9 Å². The predicted octanol–water partition coefficient (Wildman–Crippen LogP) is 3.47. The zero-order valence-electron chi connectivity index (χ0n) is 11.8. The molecule has 1 unspecified atom stereocenters. The first-order chi connectivity index (χ1) is 10.3. The molecule has 3 nitrogen and oxygen atoms in total. The number of nitrogens with one attached hydrogen (secondary N) is 1. The van der Waals surface area contributed by atoms with Crippen molar-refractivity contribution in [2.45, 2.75) is 13.0 Å². The van der Waals surface area contributed by atoms with Crippen LogP contribution in [0.3, 0.4) is 0 Å². The topological polar surface area (TPSA) is 37.8 Å². The highest BCUT2D eigenvalue weighted by atomic mass is 19.1. The number of rotatable bonds is 4. The van der Waals surface area contributed by atoms with Gasteiger partial charge in [-0.1, -0.05) is 25.1 Å². The molecule has 0 aliphatic carbocycles. The minimum Gasteiger partial charge on any atom is -0.305 e. The lowest BCUT2D eigenvalue weighted by atomic mass is 9.98. The number of pyridine rings is 2. The maximum absolute atomic E-state index is 13.1. The van der Waals surface area contributed by atoms with E-state index < -0.39 is 0 Å². The van der Waals surface area contributed by atoms with Crippen molar-refractivity contribution in [2.75, 3.05) is 6.54 Å². The van der Waals surface area contributed by atoms with E-state index in [1.807, 2.05) is 31.2 Å². The average Bonchev–Trinajstić information content (AvgIpc) is 2.53. The van der Waals surface area contributed by atoms with Crippen molar-refractivity contribution in [3.63, 3.8) is 0 Å². The van der Waals surface area contributed by atoms with E-state index in [9.17, 15) is 4.39 Å². The molecule has 21 heavy (non-hydrogen) atoms. The van der Waals surface area contributed by atoms with Gasteiger partial charge in [-0.25, -0.2) is 4.39 Å². The second-order valence-corrected chi connectivity index (χ2v) is 4.81. The molecule has 106 valence electrons. The normalized spacial score (nSPS) is 12.5. The van der Waals surface area contributed by atoms with Crippen molar-refractivity contribution in [3.05, 3.63) is 71.9 Å². The zero-order chi connectivity index (χ0) is 14.7. The largest absolute Gasteiger partial charge is 0.305 e. The Bertz CT molecular complexity index is 735.